The second-order valence-corrected chi connectivity index (χ2v) is 14.4. The maximum absolute atomic E-state index is 12.3. The maximum atomic E-state index is 12.3. The highest BCUT2D eigenvalue weighted by atomic mass is 31.2. The number of hydrogen-bond acceptors (Lipinski definition) is 8. The molecular formula is C31H60N3O7P. The Labute approximate surface area is 254 Å². The van der Waals surface area contributed by atoms with Crippen LogP contribution in [0.25, 0.3) is 0 Å². The van der Waals surface area contributed by atoms with E-state index in [1.807, 2.05) is 0 Å². The number of anilines is 1. The number of ether oxygens (including phenoxy) is 2. The van der Waals surface area contributed by atoms with Gasteiger partial charge in [-0.05, 0) is 42.6 Å². The van der Waals surface area contributed by atoms with E-state index < -0.39 is 32.3 Å². The number of rotatable bonds is 26. The predicted octanol–water partition coefficient (Wildman–Crippen LogP) is 6.23. The Bertz CT molecular complexity index is 930. The van der Waals surface area contributed by atoms with Crippen LogP contribution in [0, 0.1) is 23.7 Å². The Hall–Kier alpha value is -1.29. The van der Waals surface area contributed by atoms with Crippen molar-refractivity contribution in [1.29, 1.82) is 0 Å². The van der Waals surface area contributed by atoms with Crippen molar-refractivity contribution in [2.75, 3.05) is 38.5 Å². The van der Waals surface area contributed by atoms with E-state index in [0.717, 1.165) is 24.2 Å². The molecule has 0 amide bonds. The molecule has 1 aromatic heterocycles. The Morgan fingerprint density at radius 3 is 2.00 bits per heavy atom. The third-order valence-electron chi connectivity index (χ3n) is 7.72. The van der Waals surface area contributed by atoms with Gasteiger partial charge in [0, 0.05) is 19.4 Å². The minimum absolute atomic E-state index is 0.0357. The normalized spacial score (nSPS) is 16.3. The van der Waals surface area contributed by atoms with E-state index in [1.165, 1.54) is 74.6 Å². The van der Waals surface area contributed by atoms with Crippen LogP contribution in [0.5, 0.6) is 0 Å². The Morgan fingerprint density at radius 1 is 0.881 bits per heavy atom. The van der Waals surface area contributed by atoms with Crippen LogP contribution in [0.3, 0.4) is 0 Å². The summed E-state index contributed by atoms with van der Waals surface area (Å²) >= 11 is 0. The number of nitrogen functional groups attached to an aromatic ring is 1. The molecule has 0 spiro atoms. The van der Waals surface area contributed by atoms with Crippen molar-refractivity contribution in [1.82, 2.24) is 9.55 Å². The molecule has 42 heavy (non-hydrogen) atoms. The lowest BCUT2D eigenvalue weighted by atomic mass is 9.91. The van der Waals surface area contributed by atoms with Gasteiger partial charge in [0.25, 0.3) is 0 Å². The van der Waals surface area contributed by atoms with Crippen molar-refractivity contribution in [3.8, 4) is 0 Å². The van der Waals surface area contributed by atoms with Gasteiger partial charge in [0.05, 0.1) is 25.9 Å². The number of hydrogen-bond donors (Lipinski definition) is 3. The van der Waals surface area contributed by atoms with Gasteiger partial charge in [0.15, 0.2) is 0 Å². The minimum atomic E-state index is -4.01. The summed E-state index contributed by atoms with van der Waals surface area (Å²) in [6.07, 6.45) is 13.4. The molecule has 0 bridgehead atoms. The van der Waals surface area contributed by atoms with Crippen LogP contribution in [0.15, 0.2) is 17.1 Å². The Morgan fingerprint density at radius 2 is 1.45 bits per heavy atom. The average Bonchev–Trinajstić information content (AvgIpc) is 2.91. The molecule has 0 saturated heterocycles. The SMILES string of the molecule is CC(C)CCCC(C)CCCC(C)CCCC(C)CCOCCCOP(=O)(O)CO[C@H](CO)Cn1ccc(N)nc1=O. The Balaban J connectivity index is 2.06. The maximum Gasteiger partial charge on any atom is 0.353 e. The van der Waals surface area contributed by atoms with Crippen LogP contribution in [-0.4, -0.2) is 58.4 Å². The molecule has 0 saturated carbocycles. The summed E-state index contributed by atoms with van der Waals surface area (Å²) in [5.41, 5.74) is 4.87. The highest BCUT2D eigenvalue weighted by molar-refractivity contribution is 7.52. The number of nitrogens with two attached hydrogens (primary N) is 1. The van der Waals surface area contributed by atoms with Crippen LogP contribution in [-0.2, 0) is 25.1 Å². The highest BCUT2D eigenvalue weighted by Gasteiger charge is 2.23. The summed E-state index contributed by atoms with van der Waals surface area (Å²) in [5.74, 6) is 3.17. The molecule has 4 N–H and O–H groups in total. The third-order valence-corrected chi connectivity index (χ3v) is 8.78. The second-order valence-electron chi connectivity index (χ2n) is 12.6. The minimum Gasteiger partial charge on any atom is -0.394 e. The second kappa shape index (κ2) is 22.3. The fourth-order valence-corrected chi connectivity index (χ4v) is 5.78. The van der Waals surface area contributed by atoms with Crippen LogP contribution >= 0.6 is 7.60 Å². The quantitative estimate of drug-likeness (QED) is 0.0813. The van der Waals surface area contributed by atoms with Crippen molar-refractivity contribution in [2.24, 2.45) is 23.7 Å². The zero-order valence-electron chi connectivity index (χ0n) is 26.9. The predicted molar refractivity (Wildman–Crippen MR) is 169 cm³/mol. The lowest BCUT2D eigenvalue weighted by molar-refractivity contribution is 0.0162. The van der Waals surface area contributed by atoms with Gasteiger partial charge in [-0.3, -0.25) is 9.13 Å². The topological polar surface area (TPSA) is 146 Å². The molecule has 0 aliphatic rings. The standard InChI is InChI=1S/C31H60N3O7P/c1-25(2)10-6-11-26(3)12-7-13-27(4)14-8-15-28(5)17-21-39-19-9-20-41-42(37,38)24-40-29(23-35)22-34-18-16-30(32)33-31(34)36/h16,18,25-29,35H,6-15,17,19-24H2,1-5H3,(H,37,38)(H2,32,33,36)/t26?,27?,28?,29-/m0/s1. The van der Waals surface area contributed by atoms with Crippen molar-refractivity contribution in [3.05, 3.63) is 22.7 Å². The van der Waals surface area contributed by atoms with E-state index in [-0.39, 0.29) is 19.0 Å². The summed E-state index contributed by atoms with van der Waals surface area (Å²) in [6, 6.07) is 1.44. The first-order valence-electron chi connectivity index (χ1n) is 16.0. The molecule has 0 aromatic carbocycles. The molecule has 0 aliphatic carbocycles. The van der Waals surface area contributed by atoms with Gasteiger partial charge in [-0.15, -0.1) is 0 Å². The molecule has 10 nitrogen and oxygen atoms in total. The van der Waals surface area contributed by atoms with Crippen molar-refractivity contribution >= 4 is 13.4 Å². The lowest BCUT2D eigenvalue weighted by Crippen LogP contribution is -2.32. The van der Waals surface area contributed by atoms with Gasteiger partial charge in [-0.2, -0.15) is 4.98 Å². The van der Waals surface area contributed by atoms with Crippen LogP contribution in [0.4, 0.5) is 5.82 Å². The molecule has 0 radical (unpaired) electrons. The summed E-state index contributed by atoms with van der Waals surface area (Å²) in [6.45, 7) is 12.4. The molecular weight excluding hydrogens is 557 g/mol. The molecule has 246 valence electrons. The van der Waals surface area contributed by atoms with Gasteiger partial charge in [0.2, 0.25) is 0 Å². The molecule has 0 fully saturated rings. The van der Waals surface area contributed by atoms with Gasteiger partial charge in [-0.1, -0.05) is 92.4 Å². The zero-order chi connectivity index (χ0) is 31.4. The van der Waals surface area contributed by atoms with Crippen molar-refractivity contribution in [3.63, 3.8) is 0 Å². The number of aromatic nitrogens is 2. The van der Waals surface area contributed by atoms with E-state index in [0.29, 0.717) is 25.6 Å². The molecule has 1 rings (SSSR count). The van der Waals surface area contributed by atoms with Gasteiger partial charge < -0.3 is 29.7 Å². The van der Waals surface area contributed by atoms with Crippen molar-refractivity contribution < 1.29 is 28.6 Å². The molecule has 4 unspecified atom stereocenters. The Kier molecular flexibility index (Phi) is 20.5. The highest BCUT2D eigenvalue weighted by Crippen LogP contribution is 2.42. The molecule has 5 atom stereocenters. The molecule has 0 aliphatic heterocycles. The summed E-state index contributed by atoms with van der Waals surface area (Å²) in [7, 11) is -4.01. The lowest BCUT2D eigenvalue weighted by Gasteiger charge is -2.19. The first-order chi connectivity index (χ1) is 19.9. The van der Waals surface area contributed by atoms with E-state index >= 15 is 0 Å². The van der Waals surface area contributed by atoms with Crippen LogP contribution < -0.4 is 11.4 Å². The fraction of sp³-hybridized carbons (Fsp3) is 0.871. The largest absolute Gasteiger partial charge is 0.394 e. The van der Waals surface area contributed by atoms with E-state index in [1.54, 1.807) is 0 Å². The average molecular weight is 618 g/mol. The monoisotopic (exact) mass is 617 g/mol. The number of aliphatic hydroxyl groups is 1. The molecule has 1 heterocycles. The van der Waals surface area contributed by atoms with Crippen LogP contribution in [0.1, 0.15) is 105 Å². The zero-order valence-corrected chi connectivity index (χ0v) is 27.8. The van der Waals surface area contributed by atoms with Gasteiger partial charge >= 0.3 is 13.3 Å². The van der Waals surface area contributed by atoms with Crippen molar-refractivity contribution in [2.45, 2.75) is 118 Å². The summed E-state index contributed by atoms with van der Waals surface area (Å²) in [4.78, 5) is 25.4. The third kappa shape index (κ3) is 19.8. The number of nitrogens with zero attached hydrogens (tertiary/aromatic N) is 2. The van der Waals surface area contributed by atoms with Gasteiger partial charge in [0.1, 0.15) is 12.2 Å². The van der Waals surface area contributed by atoms with Crippen LogP contribution in [0.2, 0.25) is 0 Å². The van der Waals surface area contributed by atoms with Gasteiger partial charge in [-0.25, -0.2) is 4.79 Å². The summed E-state index contributed by atoms with van der Waals surface area (Å²) in [5, 5.41) is 9.50. The number of aliphatic hydroxyl groups excluding tert-OH is 1. The van der Waals surface area contributed by atoms with E-state index in [4.69, 9.17) is 19.7 Å². The van der Waals surface area contributed by atoms with E-state index in [9.17, 15) is 19.4 Å². The molecule has 1 aromatic rings. The first kappa shape index (κ1) is 38.7. The van der Waals surface area contributed by atoms with E-state index in [2.05, 4.69) is 39.6 Å². The smallest absolute Gasteiger partial charge is 0.353 e. The molecule has 11 heteroatoms. The first-order valence-corrected chi connectivity index (χ1v) is 17.8. The summed E-state index contributed by atoms with van der Waals surface area (Å²) < 4.78 is 29.6. The fourth-order valence-electron chi connectivity index (χ4n) is 4.89.